The molecule has 0 aromatic rings. The van der Waals surface area contributed by atoms with Crippen LogP contribution in [0.15, 0.2) is 0 Å². The maximum Gasteiger partial charge on any atom is 0.139 e. The van der Waals surface area contributed by atoms with Gasteiger partial charge in [0.25, 0.3) is 0 Å². The maximum absolute atomic E-state index is 13.1. The molecule has 0 spiro atoms. The van der Waals surface area contributed by atoms with Crippen molar-refractivity contribution in [1.82, 2.24) is 0 Å². The summed E-state index contributed by atoms with van der Waals surface area (Å²) in [5, 5.41) is 0. The van der Waals surface area contributed by atoms with Crippen molar-refractivity contribution in [3.63, 3.8) is 0 Å². The number of hydrogen-bond donors (Lipinski definition) is 0. The molecule has 1 aliphatic heterocycles. The summed E-state index contributed by atoms with van der Waals surface area (Å²) in [5.74, 6) is 1.41. The van der Waals surface area contributed by atoms with Crippen LogP contribution >= 0.6 is 0 Å². The number of carbonyl (C=O) groups is 1. The lowest BCUT2D eigenvalue weighted by atomic mass is 9.39. The number of hydrogen-bond acceptors (Lipinski definition) is 2. The molecule has 0 radical (unpaired) electrons. The van der Waals surface area contributed by atoms with E-state index in [9.17, 15) is 4.79 Å². The predicted molar refractivity (Wildman–Crippen MR) is 83.1 cm³/mol. The molecule has 118 valence electrons. The van der Waals surface area contributed by atoms with E-state index in [4.69, 9.17) is 4.74 Å². The Labute approximate surface area is 129 Å². The molecule has 0 aromatic heterocycles. The van der Waals surface area contributed by atoms with Gasteiger partial charge in [-0.25, -0.2) is 0 Å². The highest BCUT2D eigenvalue weighted by molar-refractivity contribution is 5.85. The number of ketones is 1. The van der Waals surface area contributed by atoms with Crippen LogP contribution in [0.5, 0.6) is 0 Å². The van der Waals surface area contributed by atoms with Crippen molar-refractivity contribution in [2.75, 3.05) is 6.61 Å². The van der Waals surface area contributed by atoms with Crippen LogP contribution in [-0.4, -0.2) is 18.5 Å². The summed E-state index contributed by atoms with van der Waals surface area (Å²) >= 11 is 0. The quantitative estimate of drug-likeness (QED) is 0.761. The molecule has 3 atom stereocenters. The van der Waals surface area contributed by atoms with Crippen LogP contribution in [0.4, 0.5) is 0 Å². The van der Waals surface area contributed by atoms with E-state index >= 15 is 0 Å². The molecule has 4 bridgehead atoms. The lowest BCUT2D eigenvalue weighted by molar-refractivity contribution is -0.168. The van der Waals surface area contributed by atoms with Gasteiger partial charge in [0.15, 0.2) is 0 Å². The fourth-order valence-electron chi connectivity index (χ4n) is 7.19. The van der Waals surface area contributed by atoms with Gasteiger partial charge in [-0.3, -0.25) is 4.79 Å². The molecular formula is C19H30O2. The normalized spacial score (nSPS) is 51.5. The first-order valence-corrected chi connectivity index (χ1v) is 9.06. The zero-order valence-electron chi connectivity index (χ0n) is 13.7. The molecule has 2 nitrogen and oxygen atoms in total. The fraction of sp³-hybridized carbons (Fsp3) is 0.947. The SMILES string of the molecule is CC12CC3CC(C)(C1)CC(C(=O)CCC1CCCO1)(C3)C2. The van der Waals surface area contributed by atoms with E-state index in [1.807, 2.05) is 0 Å². The summed E-state index contributed by atoms with van der Waals surface area (Å²) in [6, 6.07) is 0. The van der Waals surface area contributed by atoms with E-state index in [-0.39, 0.29) is 5.41 Å². The zero-order chi connectivity index (χ0) is 14.7. The van der Waals surface area contributed by atoms with Crippen molar-refractivity contribution in [2.45, 2.75) is 84.2 Å². The Morgan fingerprint density at radius 2 is 1.81 bits per heavy atom. The maximum atomic E-state index is 13.1. The minimum atomic E-state index is 0.0432. The number of rotatable bonds is 4. The molecule has 4 aliphatic carbocycles. The lowest BCUT2D eigenvalue weighted by Gasteiger charge is -2.64. The molecule has 0 N–H and O–H groups in total. The second kappa shape index (κ2) is 4.57. The highest BCUT2D eigenvalue weighted by atomic mass is 16.5. The summed E-state index contributed by atoms with van der Waals surface area (Å²) in [4.78, 5) is 13.1. The van der Waals surface area contributed by atoms with Gasteiger partial charge in [-0.05, 0) is 74.5 Å². The first kappa shape index (κ1) is 14.2. The molecule has 5 aliphatic rings. The third kappa shape index (κ3) is 2.38. The van der Waals surface area contributed by atoms with Gasteiger partial charge in [0.05, 0.1) is 6.10 Å². The smallest absolute Gasteiger partial charge is 0.139 e. The van der Waals surface area contributed by atoms with E-state index in [1.54, 1.807) is 0 Å². The largest absolute Gasteiger partial charge is 0.378 e. The molecule has 1 heterocycles. The van der Waals surface area contributed by atoms with Gasteiger partial charge in [0.2, 0.25) is 0 Å². The Kier molecular flexibility index (Phi) is 3.10. The highest BCUT2D eigenvalue weighted by Crippen LogP contribution is 2.69. The van der Waals surface area contributed by atoms with Crippen LogP contribution in [0.1, 0.15) is 78.1 Å². The molecule has 21 heavy (non-hydrogen) atoms. The fourth-order valence-corrected chi connectivity index (χ4v) is 7.19. The molecule has 5 rings (SSSR count). The Balaban J connectivity index is 1.49. The van der Waals surface area contributed by atoms with Crippen LogP contribution < -0.4 is 0 Å². The van der Waals surface area contributed by atoms with Crippen LogP contribution in [0.25, 0.3) is 0 Å². The summed E-state index contributed by atoms with van der Waals surface area (Å²) in [6.07, 6.45) is 12.1. The van der Waals surface area contributed by atoms with Crippen molar-refractivity contribution >= 4 is 5.78 Å². The van der Waals surface area contributed by atoms with Crippen LogP contribution in [-0.2, 0) is 9.53 Å². The lowest BCUT2D eigenvalue weighted by Crippen LogP contribution is -2.57. The first-order chi connectivity index (χ1) is 9.91. The van der Waals surface area contributed by atoms with Crippen molar-refractivity contribution < 1.29 is 9.53 Å². The predicted octanol–water partition coefficient (Wildman–Crippen LogP) is 4.51. The van der Waals surface area contributed by atoms with Crippen molar-refractivity contribution in [3.8, 4) is 0 Å². The second-order valence-electron chi connectivity index (χ2n) is 9.51. The van der Waals surface area contributed by atoms with Gasteiger partial charge >= 0.3 is 0 Å². The van der Waals surface area contributed by atoms with Gasteiger partial charge in [0.1, 0.15) is 5.78 Å². The highest BCUT2D eigenvalue weighted by Gasteiger charge is 2.62. The molecule has 4 saturated carbocycles. The van der Waals surface area contributed by atoms with E-state index < -0.39 is 0 Å². The molecule has 0 aromatic carbocycles. The van der Waals surface area contributed by atoms with Crippen LogP contribution in [0.3, 0.4) is 0 Å². The minimum absolute atomic E-state index is 0.0432. The van der Waals surface area contributed by atoms with Gasteiger partial charge < -0.3 is 4.74 Å². The number of carbonyl (C=O) groups excluding carboxylic acids is 1. The second-order valence-corrected chi connectivity index (χ2v) is 9.51. The Morgan fingerprint density at radius 1 is 1.10 bits per heavy atom. The van der Waals surface area contributed by atoms with E-state index in [2.05, 4.69) is 13.8 Å². The molecular weight excluding hydrogens is 260 g/mol. The molecule has 2 heteroatoms. The molecule has 1 saturated heterocycles. The third-order valence-corrected chi connectivity index (χ3v) is 6.94. The third-order valence-electron chi connectivity index (χ3n) is 6.94. The van der Waals surface area contributed by atoms with E-state index in [1.165, 1.54) is 51.4 Å². The van der Waals surface area contributed by atoms with Gasteiger partial charge in [-0.1, -0.05) is 13.8 Å². The van der Waals surface area contributed by atoms with Gasteiger partial charge in [-0.15, -0.1) is 0 Å². The average molecular weight is 290 g/mol. The van der Waals surface area contributed by atoms with Gasteiger partial charge in [0, 0.05) is 18.4 Å². The van der Waals surface area contributed by atoms with Crippen LogP contribution in [0.2, 0.25) is 0 Å². The summed E-state index contributed by atoms with van der Waals surface area (Å²) in [5.41, 5.74) is 0.947. The van der Waals surface area contributed by atoms with E-state index in [0.29, 0.717) is 22.7 Å². The monoisotopic (exact) mass is 290 g/mol. The van der Waals surface area contributed by atoms with E-state index in [0.717, 1.165) is 25.4 Å². The topological polar surface area (TPSA) is 26.3 Å². The van der Waals surface area contributed by atoms with Gasteiger partial charge in [-0.2, -0.15) is 0 Å². The van der Waals surface area contributed by atoms with Crippen molar-refractivity contribution in [2.24, 2.45) is 22.2 Å². The summed E-state index contributed by atoms with van der Waals surface area (Å²) < 4.78 is 5.71. The minimum Gasteiger partial charge on any atom is -0.378 e. The zero-order valence-corrected chi connectivity index (χ0v) is 13.7. The Hall–Kier alpha value is -0.370. The number of ether oxygens (including phenoxy) is 1. The summed E-state index contributed by atoms with van der Waals surface area (Å²) in [7, 11) is 0. The Morgan fingerprint density at radius 3 is 2.38 bits per heavy atom. The average Bonchev–Trinajstić information content (AvgIpc) is 2.84. The molecule has 5 fully saturated rings. The van der Waals surface area contributed by atoms with Crippen molar-refractivity contribution in [3.05, 3.63) is 0 Å². The standard InChI is InChI=1S/C19H30O2/c1-17-8-14-9-18(2,11-17)13-19(10-14,12-17)16(20)6-5-15-4-3-7-21-15/h14-15H,3-13H2,1-2H3. The number of Topliss-reactive ketones (excluding diaryl/α,β-unsaturated/α-hetero) is 1. The molecule has 0 amide bonds. The van der Waals surface area contributed by atoms with Crippen molar-refractivity contribution in [1.29, 1.82) is 0 Å². The molecule has 3 unspecified atom stereocenters. The Bertz CT molecular complexity index is 430. The first-order valence-electron chi connectivity index (χ1n) is 9.06. The van der Waals surface area contributed by atoms with Crippen LogP contribution in [0, 0.1) is 22.2 Å². The summed E-state index contributed by atoms with van der Waals surface area (Å²) in [6.45, 7) is 5.82.